The van der Waals surface area contributed by atoms with Crippen LogP contribution in [0.15, 0.2) is 29.1 Å². The molecule has 9 heteroatoms. The van der Waals surface area contributed by atoms with Crippen molar-refractivity contribution in [3.63, 3.8) is 0 Å². The fraction of sp³-hybridized carbons (Fsp3) is 0.154. The molecular formula is C13H10FN7O. The molecule has 0 saturated carbocycles. The molecule has 3 aromatic rings. The average molecular weight is 299 g/mol. The van der Waals surface area contributed by atoms with Gasteiger partial charge in [-0.15, -0.1) is 0 Å². The second kappa shape index (κ2) is 4.45. The highest BCUT2D eigenvalue weighted by Gasteiger charge is 2.32. The molecule has 22 heavy (non-hydrogen) atoms. The standard InChI is InChI=1S/C13H10FN7O/c1-6-9-10(12(22)17-16-6)15-13-18-19-20-21(13)11(9)7-3-2-4-8(14)5-7/h2-5,11H,1H3,(H,17,22)(H,15,18,20)/t11-/m1/s1. The van der Waals surface area contributed by atoms with E-state index in [1.165, 1.54) is 16.8 Å². The fourth-order valence-electron chi connectivity index (χ4n) is 2.68. The predicted octanol–water partition coefficient (Wildman–Crippen LogP) is 0.899. The monoisotopic (exact) mass is 299 g/mol. The van der Waals surface area contributed by atoms with Gasteiger partial charge in [-0.2, -0.15) is 9.78 Å². The smallest absolute Gasteiger partial charge is 0.288 e. The molecule has 0 fully saturated rings. The summed E-state index contributed by atoms with van der Waals surface area (Å²) in [6.45, 7) is 1.76. The van der Waals surface area contributed by atoms with Crippen molar-refractivity contribution in [1.29, 1.82) is 0 Å². The van der Waals surface area contributed by atoms with Crippen LogP contribution >= 0.6 is 0 Å². The summed E-state index contributed by atoms with van der Waals surface area (Å²) in [7, 11) is 0. The molecule has 0 radical (unpaired) electrons. The minimum atomic E-state index is -0.522. The van der Waals surface area contributed by atoms with Crippen LogP contribution in [0.25, 0.3) is 0 Å². The fourth-order valence-corrected chi connectivity index (χ4v) is 2.68. The zero-order valence-corrected chi connectivity index (χ0v) is 11.4. The summed E-state index contributed by atoms with van der Waals surface area (Å²) in [4.78, 5) is 12.1. The summed E-state index contributed by atoms with van der Waals surface area (Å²) in [6.07, 6.45) is 0. The Labute approximate surface area is 123 Å². The number of aromatic nitrogens is 6. The van der Waals surface area contributed by atoms with Crippen LogP contribution in [0.5, 0.6) is 0 Å². The third kappa shape index (κ3) is 1.72. The maximum Gasteiger partial charge on any atom is 0.288 e. The molecule has 0 bridgehead atoms. The van der Waals surface area contributed by atoms with Gasteiger partial charge in [0.2, 0.25) is 5.95 Å². The molecule has 0 spiro atoms. The van der Waals surface area contributed by atoms with E-state index in [-0.39, 0.29) is 11.4 Å². The molecule has 1 aliphatic heterocycles. The van der Waals surface area contributed by atoms with Gasteiger partial charge in [0.05, 0.1) is 5.69 Å². The van der Waals surface area contributed by atoms with Gasteiger partial charge in [-0.05, 0) is 35.0 Å². The Morgan fingerprint density at radius 3 is 3.05 bits per heavy atom. The van der Waals surface area contributed by atoms with Crippen molar-refractivity contribution >= 4 is 11.6 Å². The van der Waals surface area contributed by atoms with E-state index in [2.05, 4.69) is 31.0 Å². The van der Waals surface area contributed by atoms with Crippen LogP contribution in [0.2, 0.25) is 0 Å². The predicted molar refractivity (Wildman–Crippen MR) is 74.3 cm³/mol. The van der Waals surface area contributed by atoms with Crippen LogP contribution in [0.4, 0.5) is 16.0 Å². The van der Waals surface area contributed by atoms with Crippen molar-refractivity contribution in [2.45, 2.75) is 13.0 Å². The molecule has 3 heterocycles. The average Bonchev–Trinajstić information content (AvgIpc) is 2.97. The van der Waals surface area contributed by atoms with Gasteiger partial charge in [0, 0.05) is 5.56 Å². The van der Waals surface area contributed by atoms with Gasteiger partial charge < -0.3 is 5.32 Å². The number of anilines is 2. The number of nitrogens with one attached hydrogen (secondary N) is 2. The molecule has 0 aliphatic carbocycles. The molecule has 8 nitrogen and oxygen atoms in total. The van der Waals surface area contributed by atoms with Gasteiger partial charge in [-0.3, -0.25) is 4.79 Å². The number of tetrazole rings is 1. The Balaban J connectivity index is 2.04. The van der Waals surface area contributed by atoms with Crippen LogP contribution in [0, 0.1) is 12.7 Å². The highest BCUT2D eigenvalue weighted by Crippen LogP contribution is 2.37. The minimum absolute atomic E-state index is 0.317. The van der Waals surface area contributed by atoms with E-state index in [1.54, 1.807) is 19.1 Å². The van der Waals surface area contributed by atoms with Crippen LogP contribution in [0.1, 0.15) is 22.9 Å². The lowest BCUT2D eigenvalue weighted by Gasteiger charge is -2.27. The summed E-state index contributed by atoms with van der Waals surface area (Å²) in [6, 6.07) is 5.59. The lowest BCUT2D eigenvalue weighted by molar-refractivity contribution is 0.555. The van der Waals surface area contributed by atoms with Crippen molar-refractivity contribution in [1.82, 2.24) is 30.4 Å². The molecule has 0 amide bonds. The first-order valence-electron chi connectivity index (χ1n) is 6.54. The number of fused-ring (bicyclic) bond motifs is 2. The van der Waals surface area contributed by atoms with Gasteiger partial charge >= 0.3 is 0 Å². The second-order valence-electron chi connectivity index (χ2n) is 4.96. The number of halogens is 1. The highest BCUT2D eigenvalue weighted by molar-refractivity contribution is 5.64. The Kier molecular flexibility index (Phi) is 2.55. The number of H-pyrrole nitrogens is 1. The quantitative estimate of drug-likeness (QED) is 0.541. The van der Waals surface area contributed by atoms with Gasteiger partial charge in [0.25, 0.3) is 5.56 Å². The van der Waals surface area contributed by atoms with Crippen LogP contribution in [-0.2, 0) is 0 Å². The third-order valence-electron chi connectivity index (χ3n) is 3.62. The van der Waals surface area contributed by atoms with E-state index in [9.17, 15) is 9.18 Å². The van der Waals surface area contributed by atoms with Crippen molar-refractivity contribution in [3.05, 3.63) is 57.3 Å². The molecule has 1 atom stereocenters. The number of benzene rings is 1. The van der Waals surface area contributed by atoms with Crippen molar-refractivity contribution in [2.24, 2.45) is 0 Å². The van der Waals surface area contributed by atoms with Gasteiger partial charge in [-0.25, -0.2) is 9.49 Å². The van der Waals surface area contributed by atoms with E-state index in [0.29, 0.717) is 28.5 Å². The summed E-state index contributed by atoms with van der Waals surface area (Å²) >= 11 is 0. The van der Waals surface area contributed by atoms with Crippen LogP contribution < -0.4 is 10.9 Å². The van der Waals surface area contributed by atoms with Crippen LogP contribution in [-0.4, -0.2) is 30.4 Å². The maximum absolute atomic E-state index is 13.6. The second-order valence-corrected chi connectivity index (χ2v) is 4.96. The first-order chi connectivity index (χ1) is 10.6. The molecule has 110 valence electrons. The number of aryl methyl sites for hydroxylation is 1. The molecule has 1 aromatic carbocycles. The number of hydrogen-bond donors (Lipinski definition) is 2. The first kappa shape index (κ1) is 12.6. The summed E-state index contributed by atoms with van der Waals surface area (Å²) < 4.78 is 15.1. The Morgan fingerprint density at radius 1 is 1.36 bits per heavy atom. The minimum Gasteiger partial charge on any atom is -0.318 e. The topological polar surface area (TPSA) is 101 Å². The molecule has 0 saturated heterocycles. The Morgan fingerprint density at radius 2 is 2.23 bits per heavy atom. The van der Waals surface area contributed by atoms with E-state index >= 15 is 0 Å². The van der Waals surface area contributed by atoms with Gasteiger partial charge in [0.15, 0.2) is 0 Å². The SMILES string of the molecule is Cc1n[nH]c(=O)c2c1[C@@H](c1cccc(F)c1)n1nnnc1N2. The first-order valence-corrected chi connectivity index (χ1v) is 6.54. The molecular weight excluding hydrogens is 289 g/mol. The number of nitrogens with zero attached hydrogens (tertiary/aromatic N) is 5. The number of rotatable bonds is 1. The molecule has 0 unspecified atom stereocenters. The third-order valence-corrected chi connectivity index (χ3v) is 3.62. The molecule has 2 aromatic heterocycles. The van der Waals surface area contributed by atoms with E-state index in [0.717, 1.165) is 0 Å². The lowest BCUT2D eigenvalue weighted by Crippen LogP contribution is -2.29. The zero-order valence-electron chi connectivity index (χ0n) is 11.4. The normalized spacial score (nSPS) is 15.8. The van der Waals surface area contributed by atoms with Gasteiger partial charge in [0.1, 0.15) is 17.5 Å². The number of hydrogen-bond acceptors (Lipinski definition) is 6. The maximum atomic E-state index is 13.6. The summed E-state index contributed by atoms with van der Waals surface area (Å²) in [5, 5.41) is 20.7. The van der Waals surface area contributed by atoms with E-state index in [1.807, 2.05) is 0 Å². The highest BCUT2D eigenvalue weighted by atomic mass is 19.1. The van der Waals surface area contributed by atoms with Crippen LogP contribution in [0.3, 0.4) is 0 Å². The largest absolute Gasteiger partial charge is 0.318 e. The van der Waals surface area contributed by atoms with E-state index in [4.69, 9.17) is 0 Å². The summed E-state index contributed by atoms with van der Waals surface area (Å²) in [5.41, 5.74) is 1.80. The molecule has 1 aliphatic rings. The van der Waals surface area contributed by atoms with Crippen molar-refractivity contribution in [3.8, 4) is 0 Å². The van der Waals surface area contributed by atoms with Crippen molar-refractivity contribution < 1.29 is 4.39 Å². The van der Waals surface area contributed by atoms with E-state index < -0.39 is 6.04 Å². The Hall–Kier alpha value is -3.10. The number of aromatic amines is 1. The van der Waals surface area contributed by atoms with Gasteiger partial charge in [-0.1, -0.05) is 17.2 Å². The Bertz CT molecular complexity index is 932. The summed E-state index contributed by atoms with van der Waals surface area (Å²) in [5.74, 6) is -0.0551. The molecule has 4 rings (SSSR count). The van der Waals surface area contributed by atoms with Crippen molar-refractivity contribution in [2.75, 3.05) is 5.32 Å². The lowest BCUT2D eigenvalue weighted by atomic mass is 9.95. The molecule has 2 N–H and O–H groups in total. The zero-order chi connectivity index (χ0) is 15.3.